The molecular formula is C20H26N6O2. The maximum absolute atomic E-state index is 12.8. The van der Waals surface area contributed by atoms with Crippen LogP contribution in [0.15, 0.2) is 30.6 Å². The first-order valence-corrected chi connectivity index (χ1v) is 9.44. The number of aryl methyl sites for hydroxylation is 1. The van der Waals surface area contributed by atoms with Gasteiger partial charge in [-0.3, -0.25) is 14.6 Å². The summed E-state index contributed by atoms with van der Waals surface area (Å²) in [5.74, 6) is 0.508. The molecule has 0 radical (unpaired) electrons. The van der Waals surface area contributed by atoms with Gasteiger partial charge in [0.25, 0.3) is 5.91 Å². The third-order valence-electron chi connectivity index (χ3n) is 4.90. The average Bonchev–Trinajstić information content (AvgIpc) is 2.71. The molecule has 8 heteroatoms. The molecule has 0 atom stereocenters. The zero-order valence-electron chi connectivity index (χ0n) is 16.6. The van der Waals surface area contributed by atoms with Gasteiger partial charge in [-0.15, -0.1) is 0 Å². The van der Waals surface area contributed by atoms with Crippen molar-refractivity contribution in [3.8, 4) is 0 Å². The Morgan fingerprint density at radius 2 is 1.79 bits per heavy atom. The summed E-state index contributed by atoms with van der Waals surface area (Å²) < 4.78 is 0. The monoisotopic (exact) mass is 382 g/mol. The molecule has 0 N–H and O–H groups in total. The number of likely N-dealkylation sites (N-methyl/N-ethyl adjacent to an activating group) is 1. The molecule has 3 rings (SSSR count). The van der Waals surface area contributed by atoms with Gasteiger partial charge in [-0.05, 0) is 37.1 Å². The molecule has 8 nitrogen and oxygen atoms in total. The number of hydrogen-bond acceptors (Lipinski definition) is 6. The molecule has 3 heterocycles. The summed E-state index contributed by atoms with van der Waals surface area (Å²) in [7, 11) is 1.78. The van der Waals surface area contributed by atoms with Crippen LogP contribution < -0.4 is 4.90 Å². The first-order valence-electron chi connectivity index (χ1n) is 9.44. The predicted octanol–water partition coefficient (Wildman–Crippen LogP) is 1.16. The zero-order valence-corrected chi connectivity index (χ0v) is 16.6. The number of nitrogens with zero attached hydrogens (tertiary/aromatic N) is 6. The van der Waals surface area contributed by atoms with Crippen LogP contribution in [0.1, 0.15) is 28.7 Å². The Balaban J connectivity index is 1.66. The van der Waals surface area contributed by atoms with Crippen molar-refractivity contribution >= 4 is 17.8 Å². The second kappa shape index (κ2) is 8.77. The lowest BCUT2D eigenvalue weighted by atomic mass is 10.2. The largest absolute Gasteiger partial charge is 0.340 e. The van der Waals surface area contributed by atoms with Gasteiger partial charge in [0.2, 0.25) is 11.9 Å². The lowest BCUT2D eigenvalue weighted by Crippen LogP contribution is -2.48. The van der Waals surface area contributed by atoms with E-state index in [4.69, 9.17) is 0 Å². The summed E-state index contributed by atoms with van der Waals surface area (Å²) in [6.07, 6.45) is 4.26. The van der Waals surface area contributed by atoms with E-state index in [0.29, 0.717) is 44.4 Å². The highest BCUT2D eigenvalue weighted by Crippen LogP contribution is 2.14. The van der Waals surface area contributed by atoms with Gasteiger partial charge in [-0.2, -0.15) is 0 Å². The molecule has 1 saturated heterocycles. The number of carbonyl (C=O) groups is 2. The number of anilines is 1. The minimum atomic E-state index is -0.122. The number of pyridine rings is 1. The van der Waals surface area contributed by atoms with Gasteiger partial charge in [-0.25, -0.2) is 9.97 Å². The van der Waals surface area contributed by atoms with Gasteiger partial charge in [0.15, 0.2) is 0 Å². The Hall–Kier alpha value is -3.03. The van der Waals surface area contributed by atoms with Gasteiger partial charge in [0, 0.05) is 64.8 Å². The van der Waals surface area contributed by atoms with E-state index in [9.17, 15) is 9.59 Å². The van der Waals surface area contributed by atoms with E-state index in [1.54, 1.807) is 37.3 Å². The smallest absolute Gasteiger partial charge is 0.272 e. The summed E-state index contributed by atoms with van der Waals surface area (Å²) in [6.45, 7) is 6.65. The molecule has 0 aliphatic carbocycles. The SMILES string of the molecule is CC(=O)N1CCN(c2nc(C)cc(C(=O)N(C)CCc3ccncc3)n2)CC1. The zero-order chi connectivity index (χ0) is 20.1. The third-order valence-corrected chi connectivity index (χ3v) is 4.90. The molecule has 0 saturated carbocycles. The third kappa shape index (κ3) is 4.82. The molecule has 148 valence electrons. The van der Waals surface area contributed by atoms with Gasteiger partial charge in [0.1, 0.15) is 5.69 Å². The van der Waals surface area contributed by atoms with Crippen LogP contribution in [0.2, 0.25) is 0 Å². The highest BCUT2D eigenvalue weighted by Gasteiger charge is 2.22. The normalized spacial score (nSPS) is 14.1. The number of aromatic nitrogens is 3. The molecule has 0 spiro atoms. The average molecular weight is 382 g/mol. The molecule has 0 unspecified atom stereocenters. The number of hydrogen-bond donors (Lipinski definition) is 0. The molecular weight excluding hydrogens is 356 g/mol. The molecule has 1 aliphatic rings. The summed E-state index contributed by atoms with van der Waals surface area (Å²) in [6, 6.07) is 5.62. The number of piperazine rings is 1. The first kappa shape index (κ1) is 19.7. The standard InChI is InChI=1S/C20H26N6O2/c1-15-14-18(19(28)24(3)9-6-17-4-7-21-8-5-17)23-20(22-15)26-12-10-25(11-13-26)16(2)27/h4-5,7-8,14H,6,9-13H2,1-3H3. The molecule has 2 aromatic rings. The van der Waals surface area contributed by atoms with Crippen LogP contribution in [0.25, 0.3) is 0 Å². The minimum Gasteiger partial charge on any atom is -0.340 e. The molecule has 1 aliphatic heterocycles. The van der Waals surface area contributed by atoms with Crippen LogP contribution in [0.3, 0.4) is 0 Å². The predicted molar refractivity (Wildman–Crippen MR) is 106 cm³/mol. The van der Waals surface area contributed by atoms with Gasteiger partial charge < -0.3 is 14.7 Å². The van der Waals surface area contributed by atoms with E-state index >= 15 is 0 Å². The minimum absolute atomic E-state index is 0.0801. The van der Waals surface area contributed by atoms with Crippen molar-refractivity contribution in [2.45, 2.75) is 20.3 Å². The van der Waals surface area contributed by atoms with Crippen molar-refractivity contribution in [2.75, 3.05) is 44.7 Å². The van der Waals surface area contributed by atoms with Gasteiger partial charge in [-0.1, -0.05) is 0 Å². The molecule has 1 fully saturated rings. The fourth-order valence-electron chi connectivity index (χ4n) is 3.17. The Bertz CT molecular complexity index is 834. The highest BCUT2D eigenvalue weighted by molar-refractivity contribution is 5.92. The van der Waals surface area contributed by atoms with E-state index in [2.05, 4.69) is 15.0 Å². The van der Waals surface area contributed by atoms with Crippen molar-refractivity contribution in [3.05, 3.63) is 47.5 Å². The second-order valence-corrected chi connectivity index (χ2v) is 7.02. The molecule has 0 aromatic carbocycles. The van der Waals surface area contributed by atoms with Crippen LogP contribution in [-0.4, -0.2) is 76.3 Å². The van der Waals surface area contributed by atoms with Crippen LogP contribution in [-0.2, 0) is 11.2 Å². The van der Waals surface area contributed by atoms with E-state index in [-0.39, 0.29) is 11.8 Å². The van der Waals surface area contributed by atoms with E-state index < -0.39 is 0 Å². The number of rotatable bonds is 5. The highest BCUT2D eigenvalue weighted by atomic mass is 16.2. The van der Waals surface area contributed by atoms with E-state index in [0.717, 1.165) is 17.7 Å². The lowest BCUT2D eigenvalue weighted by molar-refractivity contribution is -0.129. The molecule has 0 bridgehead atoms. The summed E-state index contributed by atoms with van der Waals surface area (Å²) in [4.78, 5) is 42.9. The van der Waals surface area contributed by atoms with Crippen LogP contribution in [0.5, 0.6) is 0 Å². The van der Waals surface area contributed by atoms with Crippen molar-refractivity contribution in [3.63, 3.8) is 0 Å². The molecule has 2 amide bonds. The van der Waals surface area contributed by atoms with Gasteiger partial charge in [0.05, 0.1) is 0 Å². The Kier molecular flexibility index (Phi) is 6.18. The van der Waals surface area contributed by atoms with E-state index in [1.807, 2.05) is 28.9 Å². The van der Waals surface area contributed by atoms with Crippen LogP contribution >= 0.6 is 0 Å². The Morgan fingerprint density at radius 1 is 1.11 bits per heavy atom. The number of amides is 2. The topological polar surface area (TPSA) is 82.5 Å². The van der Waals surface area contributed by atoms with Crippen molar-refractivity contribution in [1.29, 1.82) is 0 Å². The van der Waals surface area contributed by atoms with Crippen molar-refractivity contribution < 1.29 is 9.59 Å². The van der Waals surface area contributed by atoms with Crippen molar-refractivity contribution in [2.24, 2.45) is 0 Å². The summed E-state index contributed by atoms with van der Waals surface area (Å²) in [5, 5.41) is 0. The van der Waals surface area contributed by atoms with E-state index in [1.165, 1.54) is 0 Å². The maximum Gasteiger partial charge on any atom is 0.272 e. The van der Waals surface area contributed by atoms with Crippen molar-refractivity contribution in [1.82, 2.24) is 24.8 Å². The summed E-state index contributed by atoms with van der Waals surface area (Å²) in [5.41, 5.74) is 2.29. The molecule has 28 heavy (non-hydrogen) atoms. The second-order valence-electron chi connectivity index (χ2n) is 7.02. The van der Waals surface area contributed by atoms with Crippen LogP contribution in [0, 0.1) is 6.92 Å². The summed E-state index contributed by atoms with van der Waals surface area (Å²) >= 11 is 0. The quantitative estimate of drug-likeness (QED) is 0.772. The lowest BCUT2D eigenvalue weighted by Gasteiger charge is -2.34. The number of carbonyl (C=O) groups excluding carboxylic acids is 2. The van der Waals surface area contributed by atoms with Gasteiger partial charge >= 0.3 is 0 Å². The Labute approximate surface area is 165 Å². The fourth-order valence-corrected chi connectivity index (χ4v) is 3.17. The Morgan fingerprint density at radius 3 is 2.43 bits per heavy atom. The fraction of sp³-hybridized carbons (Fsp3) is 0.450. The maximum atomic E-state index is 12.8. The first-order chi connectivity index (χ1) is 13.4. The van der Waals surface area contributed by atoms with Crippen LogP contribution in [0.4, 0.5) is 5.95 Å². The molecule has 2 aromatic heterocycles.